The molecule has 0 aromatic rings. The molecule has 29 heavy (non-hydrogen) atoms. The molecule has 0 aliphatic carbocycles. The molecule has 0 atom stereocenters. The zero-order valence-electron chi connectivity index (χ0n) is 16.4. The predicted molar refractivity (Wildman–Crippen MR) is 95.0 cm³/mol. The number of hydrogen-bond acceptors (Lipinski definition) is 9. The van der Waals surface area contributed by atoms with Gasteiger partial charge in [0.25, 0.3) is 11.8 Å². The number of ether oxygens (including phenoxy) is 2. The first-order valence-corrected chi connectivity index (χ1v) is 9.18. The summed E-state index contributed by atoms with van der Waals surface area (Å²) in [6.45, 7) is 3.30. The van der Waals surface area contributed by atoms with Crippen molar-refractivity contribution in [3.63, 3.8) is 0 Å². The maximum absolute atomic E-state index is 12.4. The van der Waals surface area contributed by atoms with E-state index in [0.717, 1.165) is 0 Å². The number of nitrogens with zero attached hydrogens (tertiary/aromatic N) is 1. The topological polar surface area (TPSA) is 157 Å². The summed E-state index contributed by atoms with van der Waals surface area (Å²) in [5.74, 6) is -3.70. The number of amides is 4. The molecule has 1 saturated heterocycles. The number of alkyl carbamates (subject to hydrolysis) is 2. The van der Waals surface area contributed by atoms with Gasteiger partial charge in [0, 0.05) is 32.4 Å². The van der Waals surface area contributed by atoms with Crippen LogP contribution in [0.3, 0.4) is 0 Å². The zero-order chi connectivity index (χ0) is 21.8. The molecule has 0 aromatic carbocycles. The number of carbonyl (C=O) groups is 6. The van der Waals surface area contributed by atoms with Crippen LogP contribution in [0.15, 0.2) is 0 Å². The lowest BCUT2D eigenvalue weighted by Gasteiger charge is -2.17. The van der Waals surface area contributed by atoms with Gasteiger partial charge in [-0.1, -0.05) is 0 Å². The molecular formula is C17H25N3O9. The first-order chi connectivity index (χ1) is 13.8. The number of hydroxylamine groups is 2. The summed E-state index contributed by atoms with van der Waals surface area (Å²) in [4.78, 5) is 74.6. The number of nitrogens with one attached hydrogen (secondary N) is 2. The second kappa shape index (κ2) is 12.3. The molecule has 0 saturated carbocycles. The number of imide groups is 1. The first kappa shape index (κ1) is 23.9. The molecule has 0 radical (unpaired) electrons. The molecule has 0 unspecified atom stereocenters. The van der Waals surface area contributed by atoms with E-state index in [0.29, 0.717) is 18.2 Å². The average molecular weight is 415 g/mol. The number of ketones is 1. The zero-order valence-corrected chi connectivity index (χ0v) is 16.4. The smallest absolute Gasteiger partial charge is 0.407 e. The Morgan fingerprint density at radius 3 is 1.83 bits per heavy atom. The second-order valence-electron chi connectivity index (χ2n) is 5.97. The Morgan fingerprint density at radius 2 is 1.38 bits per heavy atom. The minimum Gasteiger partial charge on any atom is -0.449 e. The van der Waals surface area contributed by atoms with Crippen LogP contribution in [0, 0.1) is 5.92 Å². The highest BCUT2D eigenvalue weighted by atomic mass is 16.7. The van der Waals surface area contributed by atoms with Crippen molar-refractivity contribution >= 4 is 35.8 Å². The molecule has 4 amide bonds. The van der Waals surface area contributed by atoms with Gasteiger partial charge >= 0.3 is 18.2 Å². The Morgan fingerprint density at radius 1 is 0.897 bits per heavy atom. The normalized spacial score (nSPS) is 13.3. The van der Waals surface area contributed by atoms with Crippen molar-refractivity contribution in [2.75, 3.05) is 26.3 Å². The molecule has 1 aliphatic heterocycles. The third kappa shape index (κ3) is 8.58. The SMILES string of the molecule is CCNC(=O)OCC(COC(=O)NCC)C(=O)CCC(=O)ON1C(=O)CCC1=O. The molecular weight excluding hydrogens is 390 g/mol. The third-order valence-corrected chi connectivity index (χ3v) is 3.70. The Bertz CT molecular complexity index is 612. The van der Waals surface area contributed by atoms with Gasteiger partial charge in [-0.3, -0.25) is 14.4 Å². The maximum Gasteiger partial charge on any atom is 0.407 e. The minimum absolute atomic E-state index is 0.0402. The molecule has 0 aromatic heterocycles. The molecule has 0 spiro atoms. The quantitative estimate of drug-likeness (QED) is 0.445. The summed E-state index contributed by atoms with van der Waals surface area (Å²) in [6, 6.07) is 0. The Labute approximate surface area is 167 Å². The van der Waals surface area contributed by atoms with Crippen molar-refractivity contribution < 1.29 is 43.1 Å². The number of Topliss-reactive ketones (excluding diaryl/α,β-unsaturated/α-hetero) is 1. The van der Waals surface area contributed by atoms with Gasteiger partial charge in [0.05, 0.1) is 12.3 Å². The molecule has 2 N–H and O–H groups in total. The summed E-state index contributed by atoms with van der Waals surface area (Å²) in [5.41, 5.74) is 0. The summed E-state index contributed by atoms with van der Waals surface area (Å²) in [6.07, 6.45) is -2.29. The van der Waals surface area contributed by atoms with E-state index in [2.05, 4.69) is 15.5 Å². The van der Waals surface area contributed by atoms with E-state index >= 15 is 0 Å². The van der Waals surface area contributed by atoms with Gasteiger partial charge in [-0.05, 0) is 13.8 Å². The van der Waals surface area contributed by atoms with Crippen LogP contribution < -0.4 is 10.6 Å². The van der Waals surface area contributed by atoms with E-state index in [4.69, 9.17) is 9.47 Å². The van der Waals surface area contributed by atoms with Gasteiger partial charge in [0.2, 0.25) is 0 Å². The molecule has 12 heteroatoms. The monoisotopic (exact) mass is 415 g/mol. The van der Waals surface area contributed by atoms with Crippen molar-refractivity contribution in [1.82, 2.24) is 15.7 Å². The maximum atomic E-state index is 12.4. The summed E-state index contributed by atoms with van der Waals surface area (Å²) in [5, 5.41) is 5.17. The van der Waals surface area contributed by atoms with Crippen LogP contribution in [0.1, 0.15) is 39.5 Å². The third-order valence-electron chi connectivity index (χ3n) is 3.70. The number of rotatable bonds is 11. The number of hydrogen-bond donors (Lipinski definition) is 2. The lowest BCUT2D eigenvalue weighted by atomic mass is 10.0. The van der Waals surface area contributed by atoms with Crippen molar-refractivity contribution in [1.29, 1.82) is 0 Å². The van der Waals surface area contributed by atoms with Gasteiger partial charge in [-0.2, -0.15) is 0 Å². The van der Waals surface area contributed by atoms with Crippen LogP contribution >= 0.6 is 0 Å². The van der Waals surface area contributed by atoms with Crippen LogP contribution in [0.25, 0.3) is 0 Å². The highest BCUT2D eigenvalue weighted by molar-refractivity contribution is 6.01. The van der Waals surface area contributed by atoms with Crippen LogP contribution in [0.5, 0.6) is 0 Å². The van der Waals surface area contributed by atoms with Crippen molar-refractivity contribution in [2.45, 2.75) is 39.5 Å². The van der Waals surface area contributed by atoms with Crippen LogP contribution in [-0.2, 0) is 33.5 Å². The van der Waals surface area contributed by atoms with Crippen molar-refractivity contribution in [2.24, 2.45) is 5.92 Å². The summed E-state index contributed by atoms with van der Waals surface area (Å²) >= 11 is 0. The minimum atomic E-state index is -0.997. The fraction of sp³-hybridized carbons (Fsp3) is 0.647. The van der Waals surface area contributed by atoms with Crippen LogP contribution in [0.4, 0.5) is 9.59 Å². The second-order valence-corrected chi connectivity index (χ2v) is 5.97. The highest BCUT2D eigenvalue weighted by Gasteiger charge is 2.33. The standard InChI is InChI=1S/C17H25N3O9/c1-3-18-16(25)27-9-11(10-28-17(26)19-4-2)12(21)5-8-15(24)29-20-13(22)6-7-14(20)23/h11H,3-10H2,1-2H3,(H,18,25)(H,19,26). The van der Waals surface area contributed by atoms with Crippen molar-refractivity contribution in [3.05, 3.63) is 0 Å². The first-order valence-electron chi connectivity index (χ1n) is 9.18. The highest BCUT2D eigenvalue weighted by Crippen LogP contribution is 2.14. The Kier molecular flexibility index (Phi) is 10.1. The van der Waals surface area contributed by atoms with E-state index in [1.165, 1.54) is 0 Å². The Hall–Kier alpha value is -3.18. The lowest BCUT2D eigenvalue weighted by molar-refractivity contribution is -0.197. The number of carbonyl (C=O) groups excluding carboxylic acids is 6. The molecule has 1 fully saturated rings. The fourth-order valence-corrected chi connectivity index (χ4v) is 2.21. The molecule has 162 valence electrons. The Balaban J connectivity index is 2.55. The van der Waals surface area contributed by atoms with E-state index in [1.807, 2.05) is 0 Å². The van der Waals surface area contributed by atoms with Gasteiger partial charge in [0.1, 0.15) is 19.0 Å². The van der Waals surface area contributed by atoms with E-state index in [-0.39, 0.29) is 32.5 Å². The summed E-state index contributed by atoms with van der Waals surface area (Å²) in [7, 11) is 0. The molecule has 12 nitrogen and oxygen atoms in total. The van der Waals surface area contributed by atoms with Crippen LogP contribution in [0.2, 0.25) is 0 Å². The van der Waals surface area contributed by atoms with E-state index in [9.17, 15) is 28.8 Å². The van der Waals surface area contributed by atoms with E-state index in [1.54, 1.807) is 13.8 Å². The largest absolute Gasteiger partial charge is 0.449 e. The molecule has 0 bridgehead atoms. The molecule has 1 heterocycles. The van der Waals surface area contributed by atoms with E-state index < -0.39 is 48.1 Å². The molecule has 1 aliphatic rings. The lowest BCUT2D eigenvalue weighted by Crippen LogP contribution is -2.34. The van der Waals surface area contributed by atoms with Crippen molar-refractivity contribution in [3.8, 4) is 0 Å². The fourth-order valence-electron chi connectivity index (χ4n) is 2.21. The van der Waals surface area contributed by atoms with Gasteiger partial charge < -0.3 is 24.9 Å². The average Bonchev–Trinajstić information content (AvgIpc) is 2.98. The van der Waals surface area contributed by atoms with Gasteiger partial charge in [0.15, 0.2) is 0 Å². The van der Waals surface area contributed by atoms with Gasteiger partial charge in [-0.25, -0.2) is 14.4 Å². The van der Waals surface area contributed by atoms with Gasteiger partial charge in [-0.15, -0.1) is 5.06 Å². The predicted octanol–water partition coefficient (Wildman–Crippen LogP) is 0.0513. The molecule has 1 rings (SSSR count). The van der Waals surface area contributed by atoms with Crippen LogP contribution in [-0.4, -0.2) is 67.1 Å². The summed E-state index contributed by atoms with van der Waals surface area (Å²) < 4.78 is 9.81.